The molecule has 2 aliphatic heterocycles. The van der Waals surface area contributed by atoms with Gasteiger partial charge in [0.25, 0.3) is 5.91 Å². The van der Waals surface area contributed by atoms with Gasteiger partial charge in [-0.1, -0.05) is 39.0 Å². The van der Waals surface area contributed by atoms with Gasteiger partial charge in [0.1, 0.15) is 18.1 Å². The average Bonchev–Trinajstić information content (AvgIpc) is 3.39. The van der Waals surface area contributed by atoms with Crippen LogP contribution >= 0.6 is 0 Å². The van der Waals surface area contributed by atoms with Crippen LogP contribution in [-0.2, 0) is 18.6 Å². The first-order valence-corrected chi connectivity index (χ1v) is 13.1. The molecule has 0 atom stereocenters. The molecule has 0 saturated carbocycles. The minimum atomic E-state index is 0.0335. The van der Waals surface area contributed by atoms with Crippen LogP contribution in [0, 0.1) is 0 Å². The first-order chi connectivity index (χ1) is 18.3. The number of benzene rings is 3. The van der Waals surface area contributed by atoms with E-state index in [4.69, 9.17) is 18.9 Å². The summed E-state index contributed by atoms with van der Waals surface area (Å²) in [6.45, 7) is 11.0. The number of carbonyl (C=O) groups is 1. The Hall–Kier alpha value is -3.71. The minimum Gasteiger partial charge on any atom is -0.496 e. The molecule has 7 heteroatoms. The summed E-state index contributed by atoms with van der Waals surface area (Å²) in [5.74, 6) is 3.13. The maximum Gasteiger partial charge on any atom is 0.253 e. The molecule has 38 heavy (non-hydrogen) atoms. The summed E-state index contributed by atoms with van der Waals surface area (Å²) in [4.78, 5) is 17.6. The molecule has 0 bridgehead atoms. The van der Waals surface area contributed by atoms with Crippen LogP contribution in [0.3, 0.4) is 0 Å². The van der Waals surface area contributed by atoms with E-state index in [1.54, 1.807) is 7.11 Å². The van der Waals surface area contributed by atoms with Gasteiger partial charge in [0.2, 0.25) is 6.79 Å². The number of methoxy groups -OCH3 is 1. The quantitative estimate of drug-likeness (QED) is 0.427. The number of fused-ring (bicyclic) bond motifs is 1. The first-order valence-electron chi connectivity index (χ1n) is 13.1. The molecule has 1 fully saturated rings. The number of piperazine rings is 1. The first kappa shape index (κ1) is 25.9. The third-order valence-corrected chi connectivity index (χ3v) is 7.14. The highest BCUT2D eigenvalue weighted by Gasteiger charge is 2.24. The van der Waals surface area contributed by atoms with Crippen molar-refractivity contribution in [3.63, 3.8) is 0 Å². The van der Waals surface area contributed by atoms with Crippen LogP contribution < -0.4 is 18.9 Å². The van der Waals surface area contributed by atoms with Crippen LogP contribution in [0.5, 0.6) is 23.0 Å². The van der Waals surface area contributed by atoms with Gasteiger partial charge in [-0.2, -0.15) is 0 Å². The van der Waals surface area contributed by atoms with Crippen molar-refractivity contribution in [1.29, 1.82) is 0 Å². The van der Waals surface area contributed by atoms with E-state index in [1.165, 1.54) is 11.1 Å². The number of carbonyl (C=O) groups excluding carboxylic acids is 1. The molecule has 1 amide bonds. The standard InChI is InChI=1S/C31H36N2O5/c1-31(2,3)25-7-9-26(10-8-25)36-20-24-18-23(6-12-27(24)35-4)30(34)33-15-13-32(14-16-33)19-22-5-11-28-29(17-22)38-21-37-28/h5-12,17-18H,13-16,19-21H2,1-4H3. The summed E-state index contributed by atoms with van der Waals surface area (Å²) in [5, 5.41) is 0. The Morgan fingerprint density at radius 2 is 1.63 bits per heavy atom. The number of rotatable bonds is 7. The van der Waals surface area contributed by atoms with Crippen molar-refractivity contribution in [2.75, 3.05) is 40.1 Å². The molecule has 0 N–H and O–H groups in total. The van der Waals surface area contributed by atoms with E-state index >= 15 is 0 Å². The highest BCUT2D eigenvalue weighted by Crippen LogP contribution is 2.33. The predicted molar refractivity (Wildman–Crippen MR) is 146 cm³/mol. The van der Waals surface area contributed by atoms with Crippen LogP contribution in [0.25, 0.3) is 0 Å². The molecule has 3 aromatic rings. The zero-order chi connectivity index (χ0) is 26.7. The topological polar surface area (TPSA) is 60.5 Å². The molecule has 3 aromatic carbocycles. The van der Waals surface area contributed by atoms with Crippen LogP contribution in [0.4, 0.5) is 0 Å². The fourth-order valence-corrected chi connectivity index (χ4v) is 4.83. The van der Waals surface area contributed by atoms with Gasteiger partial charge in [-0.15, -0.1) is 0 Å². The van der Waals surface area contributed by atoms with E-state index in [9.17, 15) is 4.79 Å². The second-order valence-corrected chi connectivity index (χ2v) is 10.8. The second-order valence-electron chi connectivity index (χ2n) is 10.8. The van der Waals surface area contributed by atoms with Crippen molar-refractivity contribution in [2.45, 2.75) is 39.3 Å². The largest absolute Gasteiger partial charge is 0.496 e. The van der Waals surface area contributed by atoms with Gasteiger partial charge in [0, 0.05) is 43.9 Å². The number of nitrogens with zero attached hydrogens (tertiary/aromatic N) is 2. The Morgan fingerprint density at radius 1 is 0.895 bits per heavy atom. The molecule has 1 saturated heterocycles. The maximum atomic E-state index is 13.3. The fraction of sp³-hybridized carbons (Fsp3) is 0.387. The highest BCUT2D eigenvalue weighted by molar-refractivity contribution is 5.94. The monoisotopic (exact) mass is 516 g/mol. The summed E-state index contributed by atoms with van der Waals surface area (Å²) in [5.41, 5.74) is 4.03. The number of hydrogen-bond acceptors (Lipinski definition) is 6. The second kappa shape index (κ2) is 11.0. The van der Waals surface area contributed by atoms with E-state index < -0.39 is 0 Å². The van der Waals surface area contributed by atoms with Gasteiger partial charge in [-0.05, 0) is 59.0 Å². The van der Waals surface area contributed by atoms with Crippen LogP contribution in [0.15, 0.2) is 60.7 Å². The van der Waals surface area contributed by atoms with Crippen molar-refractivity contribution in [3.05, 3.63) is 82.9 Å². The van der Waals surface area contributed by atoms with Gasteiger partial charge < -0.3 is 23.8 Å². The molecule has 0 unspecified atom stereocenters. The SMILES string of the molecule is COc1ccc(C(=O)N2CCN(Cc3ccc4c(c3)OCO4)CC2)cc1COc1ccc(C(C)(C)C)cc1. The molecule has 0 radical (unpaired) electrons. The Kier molecular flexibility index (Phi) is 7.47. The lowest BCUT2D eigenvalue weighted by atomic mass is 9.87. The van der Waals surface area contributed by atoms with Crippen LogP contribution in [0.1, 0.15) is 47.8 Å². The van der Waals surface area contributed by atoms with Gasteiger partial charge in [-0.25, -0.2) is 0 Å². The third-order valence-electron chi connectivity index (χ3n) is 7.14. The van der Waals surface area contributed by atoms with E-state index in [1.807, 2.05) is 47.4 Å². The fourth-order valence-electron chi connectivity index (χ4n) is 4.83. The molecule has 0 spiro atoms. The molecular formula is C31H36N2O5. The van der Waals surface area contributed by atoms with E-state index in [2.05, 4.69) is 43.9 Å². The summed E-state index contributed by atoms with van der Waals surface area (Å²) in [6.07, 6.45) is 0. The molecule has 2 aliphatic rings. The average molecular weight is 517 g/mol. The Labute approximate surface area is 224 Å². The lowest BCUT2D eigenvalue weighted by Crippen LogP contribution is -2.48. The van der Waals surface area contributed by atoms with Crippen molar-refractivity contribution in [3.8, 4) is 23.0 Å². The molecule has 5 rings (SSSR count). The zero-order valence-corrected chi connectivity index (χ0v) is 22.7. The molecule has 0 aliphatic carbocycles. The zero-order valence-electron chi connectivity index (χ0n) is 22.7. The third kappa shape index (κ3) is 5.89. The van der Waals surface area contributed by atoms with Crippen LogP contribution in [-0.4, -0.2) is 55.8 Å². The van der Waals surface area contributed by atoms with Gasteiger partial charge in [0.05, 0.1) is 7.11 Å². The Morgan fingerprint density at radius 3 is 2.34 bits per heavy atom. The lowest BCUT2D eigenvalue weighted by Gasteiger charge is -2.35. The van der Waals surface area contributed by atoms with Gasteiger partial charge in [0.15, 0.2) is 11.5 Å². The Balaban J connectivity index is 1.18. The highest BCUT2D eigenvalue weighted by atomic mass is 16.7. The minimum absolute atomic E-state index is 0.0335. The summed E-state index contributed by atoms with van der Waals surface area (Å²) in [6, 6.07) is 19.8. The lowest BCUT2D eigenvalue weighted by molar-refractivity contribution is 0.0628. The maximum absolute atomic E-state index is 13.3. The number of hydrogen-bond donors (Lipinski definition) is 0. The van der Waals surface area contributed by atoms with Crippen molar-refractivity contribution < 1.29 is 23.7 Å². The van der Waals surface area contributed by atoms with Crippen molar-refractivity contribution in [1.82, 2.24) is 9.80 Å². The van der Waals surface area contributed by atoms with Crippen LogP contribution in [0.2, 0.25) is 0 Å². The normalized spacial score (nSPS) is 15.4. The molecule has 0 aromatic heterocycles. The number of amides is 1. The smallest absolute Gasteiger partial charge is 0.253 e. The molecule has 200 valence electrons. The van der Waals surface area contributed by atoms with Gasteiger partial charge in [-0.3, -0.25) is 9.69 Å². The van der Waals surface area contributed by atoms with E-state index in [-0.39, 0.29) is 18.1 Å². The van der Waals surface area contributed by atoms with Crippen molar-refractivity contribution >= 4 is 5.91 Å². The van der Waals surface area contributed by atoms with E-state index in [0.29, 0.717) is 31.0 Å². The molecule has 7 nitrogen and oxygen atoms in total. The van der Waals surface area contributed by atoms with Gasteiger partial charge >= 0.3 is 0 Å². The molecule has 2 heterocycles. The summed E-state index contributed by atoms with van der Waals surface area (Å²) < 4.78 is 22.5. The summed E-state index contributed by atoms with van der Waals surface area (Å²) in [7, 11) is 1.64. The molecular weight excluding hydrogens is 480 g/mol. The Bertz CT molecular complexity index is 1270. The summed E-state index contributed by atoms with van der Waals surface area (Å²) >= 11 is 0. The predicted octanol–water partition coefficient (Wildman–Crippen LogP) is 5.26. The van der Waals surface area contributed by atoms with Crippen molar-refractivity contribution in [2.24, 2.45) is 0 Å². The van der Waals surface area contributed by atoms with E-state index in [0.717, 1.165) is 42.4 Å². The number of ether oxygens (including phenoxy) is 4.